The molecule has 0 spiro atoms. The maximum atomic E-state index is 12.0. The van der Waals surface area contributed by atoms with Crippen molar-refractivity contribution in [3.63, 3.8) is 0 Å². The number of amides is 1. The molecule has 0 radical (unpaired) electrons. The van der Waals surface area contributed by atoms with Gasteiger partial charge in [0, 0.05) is 51.9 Å². The lowest BCUT2D eigenvalue weighted by Crippen LogP contribution is -2.41. The topological polar surface area (TPSA) is 60.0 Å². The van der Waals surface area contributed by atoms with Crippen LogP contribution in [0.15, 0.2) is 35.3 Å². The average molecular weight is 348 g/mol. The van der Waals surface area contributed by atoms with Crippen LogP contribution in [-0.2, 0) is 4.79 Å². The molecule has 6 heteroatoms. The van der Waals surface area contributed by atoms with E-state index in [2.05, 4.69) is 39.7 Å². The molecular weight excluding hydrogens is 314 g/mol. The van der Waals surface area contributed by atoms with Crippen LogP contribution in [0.4, 0.5) is 5.69 Å². The minimum atomic E-state index is 0.161. The van der Waals surface area contributed by atoms with Gasteiger partial charge in [0.05, 0.1) is 6.54 Å². The summed E-state index contributed by atoms with van der Waals surface area (Å²) in [6.45, 7) is 10.5. The van der Waals surface area contributed by atoms with Gasteiger partial charge in [-0.25, -0.2) is 0 Å². The first-order valence-corrected chi connectivity index (χ1v) is 9.18. The van der Waals surface area contributed by atoms with Crippen molar-refractivity contribution < 1.29 is 4.79 Å². The van der Waals surface area contributed by atoms with Gasteiger partial charge in [0.25, 0.3) is 0 Å². The Morgan fingerprint density at radius 2 is 1.76 bits per heavy atom. The highest BCUT2D eigenvalue weighted by Gasteiger charge is 2.08. The van der Waals surface area contributed by atoms with E-state index in [-0.39, 0.29) is 5.91 Å². The van der Waals surface area contributed by atoms with Crippen molar-refractivity contribution in [2.45, 2.75) is 27.2 Å². The normalized spacial score (nSPS) is 11.1. The predicted octanol–water partition coefficient (Wildman–Crippen LogP) is 1.94. The molecule has 0 fully saturated rings. The van der Waals surface area contributed by atoms with Gasteiger partial charge in [-0.3, -0.25) is 9.79 Å². The number of carbonyl (C=O) groups excluding carboxylic acids is 1. The van der Waals surface area contributed by atoms with Crippen LogP contribution in [0.25, 0.3) is 0 Å². The smallest absolute Gasteiger partial charge is 0.224 e. The van der Waals surface area contributed by atoms with E-state index in [0.29, 0.717) is 13.0 Å². The molecule has 0 aliphatic carbocycles. The number of benzene rings is 1. The molecule has 25 heavy (non-hydrogen) atoms. The lowest BCUT2D eigenvalue weighted by molar-refractivity contribution is -0.130. The Kier molecular flexibility index (Phi) is 10.1. The Morgan fingerprint density at radius 1 is 1.08 bits per heavy atom. The fourth-order valence-electron chi connectivity index (χ4n) is 2.49. The van der Waals surface area contributed by atoms with E-state index in [1.165, 1.54) is 5.69 Å². The lowest BCUT2D eigenvalue weighted by atomic mass is 10.3. The number of para-hydroxylation sites is 1. The van der Waals surface area contributed by atoms with Gasteiger partial charge in [-0.1, -0.05) is 18.2 Å². The molecule has 1 aromatic rings. The number of hydrogen-bond acceptors (Lipinski definition) is 3. The van der Waals surface area contributed by atoms with E-state index in [1.807, 2.05) is 43.9 Å². The molecule has 0 atom stereocenters. The SMILES string of the molecule is CCNC(=NCCC(=O)N(CC)CC)NCCN(C)c1ccccc1. The third-order valence-corrected chi connectivity index (χ3v) is 3.99. The second kappa shape index (κ2) is 12.2. The molecule has 0 saturated carbocycles. The maximum Gasteiger partial charge on any atom is 0.224 e. The zero-order chi connectivity index (χ0) is 18.5. The van der Waals surface area contributed by atoms with Crippen LogP contribution in [0, 0.1) is 0 Å². The summed E-state index contributed by atoms with van der Waals surface area (Å²) in [5, 5.41) is 6.55. The van der Waals surface area contributed by atoms with Crippen LogP contribution in [0.2, 0.25) is 0 Å². The molecule has 1 aromatic carbocycles. The van der Waals surface area contributed by atoms with Gasteiger partial charge in [-0.15, -0.1) is 0 Å². The van der Waals surface area contributed by atoms with Gasteiger partial charge in [0.15, 0.2) is 5.96 Å². The van der Waals surface area contributed by atoms with E-state index < -0.39 is 0 Å². The van der Waals surface area contributed by atoms with Crippen LogP contribution in [-0.4, -0.2) is 63.1 Å². The quantitative estimate of drug-likeness (QED) is 0.502. The van der Waals surface area contributed by atoms with Crippen molar-refractivity contribution >= 4 is 17.6 Å². The highest BCUT2D eigenvalue weighted by atomic mass is 16.2. The molecule has 0 unspecified atom stereocenters. The number of rotatable bonds is 10. The predicted molar refractivity (Wildman–Crippen MR) is 106 cm³/mol. The molecule has 0 aliphatic heterocycles. The summed E-state index contributed by atoms with van der Waals surface area (Å²) in [6, 6.07) is 10.3. The van der Waals surface area contributed by atoms with E-state index in [4.69, 9.17) is 0 Å². The fourth-order valence-corrected chi connectivity index (χ4v) is 2.49. The number of likely N-dealkylation sites (N-methyl/N-ethyl adjacent to an activating group) is 1. The fraction of sp³-hybridized carbons (Fsp3) is 0.579. The standard InChI is InChI=1S/C19H33N5O/c1-5-20-19(21-14-13-18(25)24(6-2)7-3)22-15-16-23(4)17-11-9-8-10-12-17/h8-12H,5-7,13-16H2,1-4H3,(H2,20,21,22). The highest BCUT2D eigenvalue weighted by molar-refractivity contribution is 5.80. The van der Waals surface area contributed by atoms with E-state index in [9.17, 15) is 4.79 Å². The number of aliphatic imine (C=N–C) groups is 1. The monoisotopic (exact) mass is 347 g/mol. The van der Waals surface area contributed by atoms with Gasteiger partial charge >= 0.3 is 0 Å². The Bertz CT molecular complexity index is 514. The van der Waals surface area contributed by atoms with Gasteiger partial charge in [0.1, 0.15) is 0 Å². The van der Waals surface area contributed by atoms with Crippen LogP contribution < -0.4 is 15.5 Å². The molecule has 1 amide bonds. The van der Waals surface area contributed by atoms with Crippen LogP contribution in [0.5, 0.6) is 0 Å². The van der Waals surface area contributed by atoms with Crippen molar-refractivity contribution in [1.29, 1.82) is 0 Å². The number of anilines is 1. The van der Waals surface area contributed by atoms with Crippen molar-refractivity contribution in [1.82, 2.24) is 15.5 Å². The summed E-state index contributed by atoms with van der Waals surface area (Å²) in [4.78, 5) is 20.5. The number of nitrogens with zero attached hydrogens (tertiary/aromatic N) is 3. The Hall–Kier alpha value is -2.24. The first-order valence-electron chi connectivity index (χ1n) is 9.18. The molecule has 140 valence electrons. The lowest BCUT2D eigenvalue weighted by Gasteiger charge is -2.20. The van der Waals surface area contributed by atoms with Gasteiger partial charge in [-0.05, 0) is 32.9 Å². The van der Waals surface area contributed by atoms with E-state index >= 15 is 0 Å². The first-order chi connectivity index (χ1) is 12.1. The minimum Gasteiger partial charge on any atom is -0.373 e. The Labute approximate surface area is 152 Å². The van der Waals surface area contributed by atoms with Crippen molar-refractivity contribution in [2.24, 2.45) is 4.99 Å². The molecule has 0 aliphatic rings. The summed E-state index contributed by atoms with van der Waals surface area (Å²) >= 11 is 0. The van der Waals surface area contributed by atoms with Crippen LogP contribution in [0.1, 0.15) is 27.2 Å². The maximum absolute atomic E-state index is 12.0. The summed E-state index contributed by atoms with van der Waals surface area (Å²) in [5.74, 6) is 0.921. The third kappa shape index (κ3) is 7.92. The summed E-state index contributed by atoms with van der Waals surface area (Å²) < 4.78 is 0. The second-order valence-corrected chi connectivity index (χ2v) is 5.76. The van der Waals surface area contributed by atoms with Gasteiger partial charge in [-0.2, -0.15) is 0 Å². The first kappa shape index (κ1) is 20.8. The number of carbonyl (C=O) groups is 1. The second-order valence-electron chi connectivity index (χ2n) is 5.76. The molecule has 0 heterocycles. The van der Waals surface area contributed by atoms with Gasteiger partial charge in [0.2, 0.25) is 5.91 Å². The van der Waals surface area contributed by atoms with Crippen molar-refractivity contribution in [2.75, 3.05) is 51.2 Å². The summed E-state index contributed by atoms with van der Waals surface area (Å²) in [6.07, 6.45) is 0.447. The van der Waals surface area contributed by atoms with E-state index in [1.54, 1.807) is 0 Å². The van der Waals surface area contributed by atoms with Crippen molar-refractivity contribution in [3.05, 3.63) is 30.3 Å². The number of hydrogen-bond donors (Lipinski definition) is 2. The van der Waals surface area contributed by atoms with Crippen LogP contribution >= 0.6 is 0 Å². The highest BCUT2D eigenvalue weighted by Crippen LogP contribution is 2.09. The Morgan fingerprint density at radius 3 is 2.36 bits per heavy atom. The largest absolute Gasteiger partial charge is 0.373 e. The number of guanidine groups is 1. The summed E-state index contributed by atoms with van der Waals surface area (Å²) in [7, 11) is 2.07. The van der Waals surface area contributed by atoms with Gasteiger partial charge < -0.3 is 20.4 Å². The molecule has 1 rings (SSSR count). The van der Waals surface area contributed by atoms with E-state index in [0.717, 1.165) is 38.7 Å². The number of nitrogens with one attached hydrogen (secondary N) is 2. The Balaban J connectivity index is 2.41. The molecule has 0 saturated heterocycles. The average Bonchev–Trinajstić information content (AvgIpc) is 2.63. The molecule has 0 aromatic heterocycles. The molecular formula is C19H33N5O. The van der Waals surface area contributed by atoms with Crippen LogP contribution in [0.3, 0.4) is 0 Å². The van der Waals surface area contributed by atoms with Crippen molar-refractivity contribution in [3.8, 4) is 0 Å². The molecule has 0 bridgehead atoms. The molecule has 6 nitrogen and oxygen atoms in total. The summed E-state index contributed by atoms with van der Waals surface area (Å²) in [5.41, 5.74) is 1.19. The third-order valence-electron chi connectivity index (χ3n) is 3.99. The zero-order valence-corrected chi connectivity index (χ0v) is 16.1. The molecule has 2 N–H and O–H groups in total. The zero-order valence-electron chi connectivity index (χ0n) is 16.1. The minimum absolute atomic E-state index is 0.161.